The van der Waals surface area contributed by atoms with Crippen molar-refractivity contribution in [1.29, 1.82) is 0 Å². The Kier molecular flexibility index (Phi) is 7.08. The highest BCUT2D eigenvalue weighted by molar-refractivity contribution is 7.15. The molecule has 2 saturated carbocycles. The lowest BCUT2D eigenvalue weighted by Crippen LogP contribution is -2.38. The Balaban J connectivity index is 1.34. The van der Waals surface area contributed by atoms with Gasteiger partial charge in [0.1, 0.15) is 22.2 Å². The molecule has 1 atom stereocenters. The lowest BCUT2D eigenvalue weighted by Gasteiger charge is -2.38. The molecule has 36 heavy (non-hydrogen) atoms. The third-order valence-corrected chi connectivity index (χ3v) is 8.85. The van der Waals surface area contributed by atoms with Gasteiger partial charge >= 0.3 is 5.97 Å². The summed E-state index contributed by atoms with van der Waals surface area (Å²) in [5, 5.41) is 15.8. The van der Waals surface area contributed by atoms with Crippen LogP contribution in [0.4, 0.5) is 11.6 Å². The number of esters is 1. The maximum Gasteiger partial charge on any atom is 0.308 e. The van der Waals surface area contributed by atoms with Gasteiger partial charge in [0.2, 0.25) is 0 Å². The summed E-state index contributed by atoms with van der Waals surface area (Å²) in [6.45, 7) is 4.05. The van der Waals surface area contributed by atoms with Crippen LogP contribution in [0.5, 0.6) is 0 Å². The number of carbonyl (C=O) groups excluding carboxylic acids is 1. The summed E-state index contributed by atoms with van der Waals surface area (Å²) in [7, 11) is 1.44. The monoisotopic (exact) mass is 506 g/mol. The van der Waals surface area contributed by atoms with Crippen molar-refractivity contribution in [3.8, 4) is 10.6 Å². The number of ether oxygens (including phenoxy) is 1. The van der Waals surface area contributed by atoms with Crippen molar-refractivity contribution in [3.63, 3.8) is 0 Å². The van der Waals surface area contributed by atoms with Crippen LogP contribution >= 0.6 is 11.3 Å². The number of carbonyl (C=O) groups is 1. The molecule has 0 radical (unpaired) electrons. The molecular weight excluding hydrogens is 472 g/mol. The molecule has 190 valence electrons. The van der Waals surface area contributed by atoms with E-state index in [0.29, 0.717) is 12.3 Å². The van der Waals surface area contributed by atoms with Crippen LogP contribution < -0.4 is 5.32 Å². The number of hydrogen-bond donors (Lipinski definition) is 2. The first-order valence-corrected chi connectivity index (χ1v) is 13.7. The van der Waals surface area contributed by atoms with Crippen molar-refractivity contribution in [1.82, 2.24) is 15.0 Å². The maximum absolute atomic E-state index is 11.9. The van der Waals surface area contributed by atoms with Crippen LogP contribution in [-0.4, -0.2) is 33.1 Å². The molecule has 5 rings (SSSR count). The van der Waals surface area contributed by atoms with Gasteiger partial charge in [-0.1, -0.05) is 6.92 Å². The minimum Gasteiger partial charge on any atom is -0.469 e. The number of hydrogen-bond acceptors (Lipinski definition) is 8. The zero-order valence-corrected chi connectivity index (χ0v) is 22.0. The minimum absolute atomic E-state index is 0.0647. The molecule has 2 N–H and O–H groups in total. The summed E-state index contributed by atoms with van der Waals surface area (Å²) < 4.78 is 4.92. The molecule has 8 heteroatoms. The second kappa shape index (κ2) is 10.3. The lowest BCUT2D eigenvalue weighted by molar-refractivity contribution is -0.148. The number of aromatic nitrogens is 3. The molecule has 2 fully saturated rings. The zero-order valence-electron chi connectivity index (χ0n) is 21.2. The quantitative estimate of drug-likeness (QED) is 0.356. The number of aliphatic hydroxyl groups is 1. The third kappa shape index (κ3) is 5.15. The number of nitrogens with zero attached hydrogens (tertiary/aromatic N) is 3. The Labute approximate surface area is 216 Å². The van der Waals surface area contributed by atoms with Gasteiger partial charge in [0.25, 0.3) is 0 Å². The summed E-state index contributed by atoms with van der Waals surface area (Å²) in [5.41, 5.74) is 2.23. The van der Waals surface area contributed by atoms with Gasteiger partial charge in [-0.25, -0.2) is 15.0 Å². The molecule has 3 aromatic heterocycles. The van der Waals surface area contributed by atoms with Crippen molar-refractivity contribution >= 4 is 28.9 Å². The molecule has 0 aliphatic heterocycles. The van der Waals surface area contributed by atoms with Crippen LogP contribution in [0.1, 0.15) is 73.9 Å². The van der Waals surface area contributed by atoms with Gasteiger partial charge in [-0.3, -0.25) is 4.79 Å². The summed E-state index contributed by atoms with van der Waals surface area (Å²) in [4.78, 5) is 26.8. The molecule has 2 aliphatic rings. The number of anilines is 2. The second-order valence-electron chi connectivity index (χ2n) is 10.2. The Hall–Kier alpha value is -2.84. The fourth-order valence-corrected chi connectivity index (χ4v) is 6.47. The molecule has 0 aromatic carbocycles. The van der Waals surface area contributed by atoms with E-state index in [1.54, 1.807) is 0 Å². The number of thiazole rings is 1. The van der Waals surface area contributed by atoms with Gasteiger partial charge in [0.05, 0.1) is 23.6 Å². The van der Waals surface area contributed by atoms with E-state index in [4.69, 9.17) is 9.72 Å². The van der Waals surface area contributed by atoms with Crippen LogP contribution in [0.2, 0.25) is 0 Å². The molecule has 3 aromatic rings. The van der Waals surface area contributed by atoms with Crippen LogP contribution in [0.15, 0.2) is 36.7 Å². The van der Waals surface area contributed by atoms with Gasteiger partial charge in [-0.05, 0) is 99.1 Å². The topological polar surface area (TPSA) is 97.2 Å². The van der Waals surface area contributed by atoms with Gasteiger partial charge in [-0.2, -0.15) is 0 Å². The van der Waals surface area contributed by atoms with Crippen molar-refractivity contribution in [3.05, 3.63) is 52.8 Å². The summed E-state index contributed by atoms with van der Waals surface area (Å²) in [6.07, 6.45) is 9.78. The standard InChI is InChI=1S/C28H34N4O3S/c1-4-28(34,21-9-7-19(8-10-21)26(33)35-3)27-30-16-23(36-27)22-13-17(2)14-25(31-22)32-24-15-20(11-12-29-24)18-5-6-18/h11-16,18-19,21,34H,4-10H2,1-3H3,(H,29,31,32)/t19-,21-,28?. The Morgan fingerprint density at radius 2 is 1.92 bits per heavy atom. The van der Waals surface area contributed by atoms with E-state index < -0.39 is 5.60 Å². The van der Waals surface area contributed by atoms with E-state index >= 15 is 0 Å². The van der Waals surface area contributed by atoms with E-state index in [0.717, 1.165) is 58.5 Å². The molecule has 3 heterocycles. The van der Waals surface area contributed by atoms with Crippen LogP contribution in [-0.2, 0) is 15.1 Å². The number of rotatable bonds is 8. The smallest absolute Gasteiger partial charge is 0.308 e. The van der Waals surface area contributed by atoms with Gasteiger partial charge in [0, 0.05) is 12.4 Å². The minimum atomic E-state index is -1.01. The lowest BCUT2D eigenvalue weighted by atomic mass is 9.72. The van der Waals surface area contributed by atoms with Crippen molar-refractivity contribution in [2.75, 3.05) is 12.4 Å². The van der Waals surface area contributed by atoms with E-state index in [1.165, 1.54) is 36.9 Å². The Morgan fingerprint density at radius 3 is 2.61 bits per heavy atom. The fourth-order valence-electron chi connectivity index (χ4n) is 5.36. The highest BCUT2D eigenvalue weighted by Gasteiger charge is 2.42. The highest BCUT2D eigenvalue weighted by atomic mass is 32.1. The van der Waals surface area contributed by atoms with E-state index in [-0.39, 0.29) is 17.8 Å². The first-order valence-electron chi connectivity index (χ1n) is 12.9. The third-order valence-electron chi connectivity index (χ3n) is 7.66. The highest BCUT2D eigenvalue weighted by Crippen LogP contribution is 2.45. The summed E-state index contributed by atoms with van der Waals surface area (Å²) >= 11 is 1.50. The van der Waals surface area contributed by atoms with Crippen molar-refractivity contribution in [2.24, 2.45) is 11.8 Å². The van der Waals surface area contributed by atoms with Crippen LogP contribution in [0.3, 0.4) is 0 Å². The summed E-state index contributed by atoms with van der Waals surface area (Å²) in [6, 6.07) is 8.26. The van der Waals surface area contributed by atoms with E-state index in [1.807, 2.05) is 31.5 Å². The molecule has 1 unspecified atom stereocenters. The second-order valence-corrected chi connectivity index (χ2v) is 11.2. The average Bonchev–Trinajstić information content (AvgIpc) is 3.63. The van der Waals surface area contributed by atoms with Crippen molar-refractivity contribution in [2.45, 2.75) is 70.3 Å². The van der Waals surface area contributed by atoms with Gasteiger partial charge in [-0.15, -0.1) is 11.3 Å². The maximum atomic E-state index is 11.9. The normalized spacial score (nSPS) is 21.6. The average molecular weight is 507 g/mol. The number of aryl methyl sites for hydroxylation is 1. The Morgan fingerprint density at radius 1 is 1.14 bits per heavy atom. The number of nitrogens with one attached hydrogen (secondary N) is 1. The first-order chi connectivity index (χ1) is 17.4. The Bertz CT molecular complexity index is 1230. The molecule has 0 spiro atoms. The largest absolute Gasteiger partial charge is 0.469 e. The number of methoxy groups -OCH3 is 1. The predicted octanol–water partition coefficient (Wildman–Crippen LogP) is 6.11. The zero-order chi connectivity index (χ0) is 25.3. The van der Waals surface area contributed by atoms with E-state index in [2.05, 4.69) is 34.3 Å². The molecule has 0 saturated heterocycles. The molecular formula is C28H34N4O3S. The van der Waals surface area contributed by atoms with Crippen molar-refractivity contribution < 1.29 is 14.6 Å². The molecule has 7 nitrogen and oxygen atoms in total. The predicted molar refractivity (Wildman–Crippen MR) is 141 cm³/mol. The fraction of sp³-hybridized carbons (Fsp3) is 0.500. The molecule has 2 aliphatic carbocycles. The molecule has 0 bridgehead atoms. The van der Waals surface area contributed by atoms with Gasteiger partial charge < -0.3 is 15.2 Å². The number of pyridine rings is 2. The van der Waals surface area contributed by atoms with E-state index in [9.17, 15) is 9.90 Å². The van der Waals surface area contributed by atoms with Crippen LogP contribution in [0, 0.1) is 18.8 Å². The molecule has 0 amide bonds. The SMILES string of the molecule is CCC(O)(c1ncc(-c2cc(C)cc(Nc3cc(C4CC4)ccn3)n2)s1)[C@H]1CC[C@H](C(=O)OC)CC1. The van der Waals surface area contributed by atoms with Gasteiger partial charge in [0.15, 0.2) is 0 Å². The van der Waals surface area contributed by atoms with Crippen LogP contribution in [0.25, 0.3) is 10.6 Å². The first kappa shape index (κ1) is 24.8. The summed E-state index contributed by atoms with van der Waals surface area (Å²) in [5.74, 6) is 2.06.